The molecule has 5 N–H and O–H groups in total. The molecule has 0 saturated carbocycles. The van der Waals surface area contributed by atoms with E-state index >= 15 is 0 Å². The normalized spacial score (nSPS) is 13.1. The lowest BCUT2D eigenvalue weighted by atomic mass is 9.96. The average molecular weight is 545 g/mol. The number of methoxy groups -OCH3 is 1. The molecule has 0 unspecified atom stereocenters. The highest BCUT2D eigenvalue weighted by Gasteiger charge is 2.40. The van der Waals surface area contributed by atoms with E-state index in [-0.39, 0.29) is 0 Å². The molecule has 12 heteroatoms. The number of para-hydroxylation sites is 1. The third kappa shape index (κ3) is 7.88. The topological polar surface area (TPSA) is 178 Å². The minimum atomic E-state index is -2.74. The molecule has 0 saturated heterocycles. The van der Waals surface area contributed by atoms with Crippen LogP contribution < -0.4 is 0 Å². The fraction of sp³-hybridized carbons (Fsp3) is 0.481. The maximum atomic E-state index is 10.3. The summed E-state index contributed by atoms with van der Waals surface area (Å²) in [4.78, 5) is 32.9. The monoisotopic (exact) mass is 544 g/mol. The van der Waals surface area contributed by atoms with Crippen LogP contribution in [0.15, 0.2) is 30.5 Å². The number of ether oxygens (including phenoxy) is 1. The number of benzene rings is 1. The second-order valence-electron chi connectivity index (χ2n) is 9.84. The molecule has 4 rings (SSSR count). The molecule has 1 aliphatic rings. The standard InChI is InChI=1S/C21H28N4O.C6H8O7/c1-24(15-20-18-8-3-5-9-19(18)22-23-20)13-16-14-25(11-12-26-2)21-10-6-4-7-17(16)21;7-3(8)1-6(13,5(11)12)2-4(9)10/h4,6-7,10,14H,3,5,8-9,11-13,15H2,1-2H3,(H,22,23);13H,1-2H2,(H,7,8)(H,9,10)(H,11,12). The van der Waals surface area contributed by atoms with E-state index < -0.39 is 36.4 Å². The molecule has 2 aromatic heterocycles. The Morgan fingerprint density at radius 1 is 1.08 bits per heavy atom. The first-order chi connectivity index (χ1) is 18.5. The lowest BCUT2D eigenvalue weighted by Crippen LogP contribution is -2.42. The van der Waals surface area contributed by atoms with Crippen LogP contribution in [0.2, 0.25) is 0 Å². The third-order valence-corrected chi connectivity index (χ3v) is 6.69. The first-order valence-corrected chi connectivity index (χ1v) is 12.7. The van der Waals surface area contributed by atoms with Crippen molar-refractivity contribution in [1.29, 1.82) is 0 Å². The Morgan fingerprint density at radius 3 is 2.38 bits per heavy atom. The number of aliphatic hydroxyl groups is 1. The van der Waals surface area contributed by atoms with E-state index in [0.29, 0.717) is 0 Å². The van der Waals surface area contributed by atoms with E-state index in [0.717, 1.165) is 32.7 Å². The van der Waals surface area contributed by atoms with E-state index in [4.69, 9.17) is 25.2 Å². The number of hydrogen-bond donors (Lipinski definition) is 5. The molecule has 0 atom stereocenters. The predicted octanol–water partition coefficient (Wildman–Crippen LogP) is 2.27. The summed E-state index contributed by atoms with van der Waals surface area (Å²) >= 11 is 0. The zero-order valence-corrected chi connectivity index (χ0v) is 22.2. The van der Waals surface area contributed by atoms with Gasteiger partial charge in [-0.3, -0.25) is 19.6 Å². The van der Waals surface area contributed by atoms with E-state index in [2.05, 4.69) is 57.2 Å². The molecule has 0 radical (unpaired) electrons. The number of hydrogen-bond acceptors (Lipinski definition) is 7. The van der Waals surface area contributed by atoms with Gasteiger partial charge in [0, 0.05) is 49.5 Å². The van der Waals surface area contributed by atoms with Crippen molar-refractivity contribution in [3.63, 3.8) is 0 Å². The predicted molar refractivity (Wildman–Crippen MR) is 141 cm³/mol. The van der Waals surface area contributed by atoms with Gasteiger partial charge in [-0.05, 0) is 49.9 Å². The largest absolute Gasteiger partial charge is 0.481 e. The Balaban J connectivity index is 0.000000276. The number of aryl methyl sites for hydroxylation is 1. The molecule has 212 valence electrons. The van der Waals surface area contributed by atoms with Gasteiger partial charge in [0.15, 0.2) is 5.60 Å². The Bertz CT molecular complexity index is 1280. The van der Waals surface area contributed by atoms with Crippen molar-refractivity contribution in [2.45, 2.75) is 63.8 Å². The highest BCUT2D eigenvalue weighted by Crippen LogP contribution is 2.25. The van der Waals surface area contributed by atoms with E-state index in [1.165, 1.54) is 52.7 Å². The van der Waals surface area contributed by atoms with Crippen molar-refractivity contribution in [3.8, 4) is 0 Å². The molecular weight excluding hydrogens is 508 g/mol. The van der Waals surface area contributed by atoms with Crippen molar-refractivity contribution in [2.75, 3.05) is 20.8 Å². The zero-order chi connectivity index (χ0) is 28.6. The second-order valence-corrected chi connectivity index (χ2v) is 9.84. The molecule has 12 nitrogen and oxygen atoms in total. The lowest BCUT2D eigenvalue weighted by Gasteiger charge is -2.18. The van der Waals surface area contributed by atoms with Crippen LogP contribution in [-0.2, 0) is 51.6 Å². The molecule has 0 aliphatic heterocycles. The smallest absolute Gasteiger partial charge is 0.336 e. The highest BCUT2D eigenvalue weighted by molar-refractivity contribution is 5.88. The average Bonchev–Trinajstić information content (AvgIpc) is 3.43. The van der Waals surface area contributed by atoms with Crippen LogP contribution >= 0.6 is 0 Å². The van der Waals surface area contributed by atoms with Crippen LogP contribution in [-0.4, -0.2) is 84.4 Å². The number of carboxylic acid groups (broad SMARTS) is 3. The maximum absolute atomic E-state index is 10.3. The number of carboxylic acids is 3. The Hall–Kier alpha value is -3.74. The van der Waals surface area contributed by atoms with Crippen LogP contribution in [0.1, 0.15) is 48.2 Å². The van der Waals surface area contributed by atoms with Crippen molar-refractivity contribution in [3.05, 3.63) is 53.0 Å². The van der Waals surface area contributed by atoms with Gasteiger partial charge in [-0.25, -0.2) is 4.79 Å². The molecule has 0 fully saturated rings. The number of aromatic nitrogens is 3. The highest BCUT2D eigenvalue weighted by atomic mass is 16.5. The van der Waals surface area contributed by atoms with Crippen molar-refractivity contribution in [2.24, 2.45) is 0 Å². The van der Waals surface area contributed by atoms with Crippen molar-refractivity contribution in [1.82, 2.24) is 19.7 Å². The summed E-state index contributed by atoms with van der Waals surface area (Å²) in [7, 11) is 3.94. The van der Waals surface area contributed by atoms with Crippen LogP contribution in [0, 0.1) is 0 Å². The summed E-state index contributed by atoms with van der Waals surface area (Å²) in [6.07, 6.45) is 4.88. The first-order valence-electron chi connectivity index (χ1n) is 12.7. The summed E-state index contributed by atoms with van der Waals surface area (Å²) in [6, 6.07) is 8.64. The van der Waals surface area contributed by atoms with Gasteiger partial charge in [-0.2, -0.15) is 5.10 Å². The number of nitrogens with zero attached hydrogens (tertiary/aromatic N) is 3. The molecule has 3 aromatic rings. The first kappa shape index (κ1) is 29.8. The minimum Gasteiger partial charge on any atom is -0.481 e. The second kappa shape index (κ2) is 13.4. The Morgan fingerprint density at radius 2 is 1.74 bits per heavy atom. The van der Waals surface area contributed by atoms with E-state index in [1.54, 1.807) is 7.11 Å². The lowest BCUT2D eigenvalue weighted by molar-refractivity contribution is -0.170. The number of rotatable bonds is 12. The number of aliphatic carboxylic acids is 3. The molecule has 1 aromatic carbocycles. The van der Waals surface area contributed by atoms with Crippen LogP contribution in [0.4, 0.5) is 0 Å². The quantitative estimate of drug-likeness (QED) is 0.227. The summed E-state index contributed by atoms with van der Waals surface area (Å²) in [5, 5.41) is 43.0. The molecular formula is C27H36N4O8. The molecule has 0 amide bonds. The molecule has 1 aliphatic carbocycles. The Labute approximate surface area is 225 Å². The number of nitrogens with one attached hydrogen (secondary N) is 1. The van der Waals surface area contributed by atoms with Gasteiger partial charge >= 0.3 is 17.9 Å². The maximum Gasteiger partial charge on any atom is 0.336 e. The third-order valence-electron chi connectivity index (χ3n) is 6.69. The Kier molecular flexibility index (Phi) is 10.2. The SMILES string of the molecule is COCCn1cc(CN(C)Cc2n[nH]c3c2CCCC3)c2ccccc21.O=C(O)CC(O)(CC(=O)O)C(=O)O. The number of fused-ring (bicyclic) bond motifs is 2. The summed E-state index contributed by atoms with van der Waals surface area (Å²) < 4.78 is 7.57. The van der Waals surface area contributed by atoms with Crippen molar-refractivity contribution < 1.29 is 39.5 Å². The van der Waals surface area contributed by atoms with Gasteiger partial charge in [-0.1, -0.05) is 18.2 Å². The zero-order valence-electron chi connectivity index (χ0n) is 22.2. The van der Waals surface area contributed by atoms with Crippen LogP contribution in [0.5, 0.6) is 0 Å². The van der Waals surface area contributed by atoms with Gasteiger partial charge in [0.1, 0.15) is 0 Å². The molecule has 0 spiro atoms. The number of H-pyrrole nitrogens is 1. The van der Waals surface area contributed by atoms with Crippen molar-refractivity contribution >= 4 is 28.8 Å². The molecule has 0 bridgehead atoms. The van der Waals surface area contributed by atoms with Gasteiger partial charge in [0.2, 0.25) is 0 Å². The van der Waals surface area contributed by atoms with Crippen LogP contribution in [0.3, 0.4) is 0 Å². The summed E-state index contributed by atoms with van der Waals surface area (Å²) in [6.45, 7) is 3.42. The number of aromatic amines is 1. The summed E-state index contributed by atoms with van der Waals surface area (Å²) in [5.41, 5.74) is 3.96. The van der Waals surface area contributed by atoms with Gasteiger partial charge in [-0.15, -0.1) is 0 Å². The van der Waals surface area contributed by atoms with Gasteiger partial charge in [0.25, 0.3) is 0 Å². The fourth-order valence-corrected chi connectivity index (χ4v) is 4.82. The summed E-state index contributed by atoms with van der Waals surface area (Å²) in [5.74, 6) is -5.02. The number of carbonyl (C=O) groups is 3. The molecule has 2 heterocycles. The van der Waals surface area contributed by atoms with E-state index in [9.17, 15) is 14.4 Å². The van der Waals surface area contributed by atoms with E-state index in [1.807, 2.05) is 0 Å². The van der Waals surface area contributed by atoms with Crippen LogP contribution in [0.25, 0.3) is 10.9 Å². The molecule has 39 heavy (non-hydrogen) atoms. The minimum absolute atomic E-state index is 0.730. The fourth-order valence-electron chi connectivity index (χ4n) is 4.82. The van der Waals surface area contributed by atoms with Gasteiger partial charge in [0.05, 0.1) is 25.1 Å². The van der Waals surface area contributed by atoms with Gasteiger partial charge < -0.3 is 29.7 Å².